The Balaban J connectivity index is 1.90. The highest BCUT2D eigenvalue weighted by Gasteiger charge is 2.39. The summed E-state index contributed by atoms with van der Waals surface area (Å²) in [7, 11) is 0. The number of nitrogens with one attached hydrogen (secondary N) is 1. The number of carbonyl (C=O) groups is 2. The molecule has 0 bridgehead atoms. The Morgan fingerprint density at radius 1 is 1.00 bits per heavy atom. The third-order valence-corrected chi connectivity index (χ3v) is 4.33. The predicted octanol–water partition coefficient (Wildman–Crippen LogP) is 4.38. The van der Waals surface area contributed by atoms with Crippen LogP contribution in [0.5, 0.6) is 0 Å². The minimum absolute atomic E-state index is 0.0776. The third-order valence-electron chi connectivity index (χ3n) is 3.98. The van der Waals surface area contributed by atoms with Gasteiger partial charge in [0.2, 0.25) is 0 Å². The maximum absolute atomic E-state index is 13.8. The fraction of sp³-hybridized carbons (Fsp3) is 0.158. The Hall–Kier alpha value is -2.66. The molecular weight excluding hydrogens is 343 g/mol. The Morgan fingerprint density at radius 3 is 2.24 bits per heavy atom. The van der Waals surface area contributed by atoms with Crippen LogP contribution in [0, 0.1) is 5.82 Å². The molecule has 2 aromatic carbocycles. The second-order valence-electron chi connectivity index (χ2n) is 5.99. The highest BCUT2D eigenvalue weighted by Crippen LogP contribution is 2.31. The summed E-state index contributed by atoms with van der Waals surface area (Å²) in [6.45, 7) is 4.10. The van der Waals surface area contributed by atoms with E-state index in [1.165, 1.54) is 18.2 Å². The van der Waals surface area contributed by atoms with Crippen molar-refractivity contribution in [3.05, 3.63) is 70.6 Å². The van der Waals surface area contributed by atoms with E-state index in [-0.39, 0.29) is 16.4 Å². The number of carbonyl (C=O) groups excluding carboxylic acids is 2. The van der Waals surface area contributed by atoms with Crippen molar-refractivity contribution < 1.29 is 14.0 Å². The van der Waals surface area contributed by atoms with E-state index in [2.05, 4.69) is 19.2 Å². The summed E-state index contributed by atoms with van der Waals surface area (Å²) in [4.78, 5) is 26.0. The highest BCUT2D eigenvalue weighted by molar-refractivity contribution is 6.53. The molecule has 6 heteroatoms. The zero-order valence-electron chi connectivity index (χ0n) is 13.7. The topological polar surface area (TPSA) is 49.4 Å². The maximum atomic E-state index is 13.8. The second kappa shape index (κ2) is 6.69. The summed E-state index contributed by atoms with van der Waals surface area (Å²) in [6, 6.07) is 13.0. The van der Waals surface area contributed by atoms with Crippen LogP contribution >= 0.6 is 11.6 Å². The normalized spacial score (nSPS) is 14.7. The van der Waals surface area contributed by atoms with E-state index in [9.17, 15) is 14.0 Å². The average Bonchev–Trinajstić information content (AvgIpc) is 2.80. The van der Waals surface area contributed by atoms with Crippen molar-refractivity contribution in [3.63, 3.8) is 0 Å². The average molecular weight is 359 g/mol. The molecule has 2 aromatic rings. The van der Waals surface area contributed by atoms with Crippen LogP contribution in [0.1, 0.15) is 25.3 Å². The molecule has 0 fully saturated rings. The Labute approximate surface area is 149 Å². The van der Waals surface area contributed by atoms with E-state index < -0.39 is 17.6 Å². The van der Waals surface area contributed by atoms with E-state index in [0.29, 0.717) is 11.6 Å². The molecule has 1 aliphatic rings. The summed E-state index contributed by atoms with van der Waals surface area (Å²) in [5, 5.41) is 2.37. The number of hydrogen-bond donors (Lipinski definition) is 1. The Bertz CT molecular complexity index is 875. The van der Waals surface area contributed by atoms with Gasteiger partial charge in [0.25, 0.3) is 11.8 Å². The lowest BCUT2D eigenvalue weighted by Crippen LogP contribution is -2.32. The van der Waals surface area contributed by atoms with Crippen molar-refractivity contribution in [2.24, 2.45) is 0 Å². The monoisotopic (exact) mass is 358 g/mol. The molecule has 0 radical (unpaired) electrons. The number of para-hydroxylation sites is 1. The Kier molecular flexibility index (Phi) is 4.59. The molecular formula is C19H16ClFN2O2. The standard InChI is InChI=1S/C19H16ClFN2O2/c1-11(2)12-7-9-13(10-8-12)23-18(24)16(20)17(19(23)25)22-15-6-4-3-5-14(15)21/h3-11,22H,1-2H3. The number of rotatable bonds is 4. The lowest BCUT2D eigenvalue weighted by molar-refractivity contribution is -0.120. The summed E-state index contributed by atoms with van der Waals surface area (Å²) < 4.78 is 13.8. The van der Waals surface area contributed by atoms with Gasteiger partial charge in [0.05, 0.1) is 11.4 Å². The van der Waals surface area contributed by atoms with Crippen molar-refractivity contribution in [2.75, 3.05) is 10.2 Å². The molecule has 0 saturated carbocycles. The van der Waals surface area contributed by atoms with Gasteiger partial charge >= 0.3 is 0 Å². The minimum atomic E-state index is -0.636. The number of imide groups is 1. The van der Waals surface area contributed by atoms with Gasteiger partial charge in [-0.05, 0) is 35.7 Å². The highest BCUT2D eigenvalue weighted by atomic mass is 35.5. The van der Waals surface area contributed by atoms with Crippen LogP contribution in [-0.2, 0) is 9.59 Å². The van der Waals surface area contributed by atoms with E-state index in [4.69, 9.17) is 11.6 Å². The zero-order chi connectivity index (χ0) is 18.1. The largest absolute Gasteiger partial charge is 0.347 e. The van der Waals surface area contributed by atoms with Crippen molar-refractivity contribution in [2.45, 2.75) is 19.8 Å². The van der Waals surface area contributed by atoms with E-state index in [1.807, 2.05) is 12.1 Å². The Morgan fingerprint density at radius 2 is 1.64 bits per heavy atom. The van der Waals surface area contributed by atoms with Crippen LogP contribution in [0.15, 0.2) is 59.3 Å². The first-order valence-corrected chi connectivity index (χ1v) is 8.18. The fourth-order valence-electron chi connectivity index (χ4n) is 2.55. The molecule has 1 heterocycles. The van der Waals surface area contributed by atoms with Crippen molar-refractivity contribution in [1.82, 2.24) is 0 Å². The van der Waals surface area contributed by atoms with Crippen LogP contribution in [0.2, 0.25) is 0 Å². The molecule has 0 unspecified atom stereocenters. The van der Waals surface area contributed by atoms with Gasteiger partial charge in [0, 0.05) is 0 Å². The van der Waals surface area contributed by atoms with Gasteiger partial charge in [-0.3, -0.25) is 9.59 Å². The van der Waals surface area contributed by atoms with Crippen LogP contribution in [0.4, 0.5) is 15.8 Å². The van der Waals surface area contributed by atoms with E-state index >= 15 is 0 Å². The van der Waals surface area contributed by atoms with Crippen molar-refractivity contribution >= 4 is 34.8 Å². The molecule has 0 saturated heterocycles. The summed E-state index contributed by atoms with van der Waals surface area (Å²) in [6.07, 6.45) is 0. The minimum Gasteiger partial charge on any atom is -0.347 e. The van der Waals surface area contributed by atoms with Gasteiger partial charge in [0.1, 0.15) is 16.5 Å². The summed E-state index contributed by atoms with van der Waals surface area (Å²) >= 11 is 6.03. The maximum Gasteiger partial charge on any atom is 0.283 e. The molecule has 0 atom stereocenters. The predicted molar refractivity (Wildman–Crippen MR) is 95.9 cm³/mol. The van der Waals surface area contributed by atoms with Gasteiger partial charge in [-0.2, -0.15) is 0 Å². The molecule has 2 amide bonds. The van der Waals surface area contributed by atoms with Crippen LogP contribution in [-0.4, -0.2) is 11.8 Å². The van der Waals surface area contributed by atoms with Crippen LogP contribution in [0.25, 0.3) is 0 Å². The quantitative estimate of drug-likeness (QED) is 0.825. The first-order chi connectivity index (χ1) is 11.9. The van der Waals surface area contributed by atoms with Crippen molar-refractivity contribution in [1.29, 1.82) is 0 Å². The number of benzene rings is 2. The zero-order valence-corrected chi connectivity index (χ0v) is 14.5. The summed E-state index contributed by atoms with van der Waals surface area (Å²) in [5.41, 5.74) is 1.45. The second-order valence-corrected chi connectivity index (χ2v) is 6.36. The van der Waals surface area contributed by atoms with Gasteiger partial charge in [-0.15, -0.1) is 0 Å². The van der Waals surface area contributed by atoms with Gasteiger partial charge < -0.3 is 5.32 Å². The SMILES string of the molecule is CC(C)c1ccc(N2C(=O)C(Cl)=C(Nc3ccccc3F)C2=O)cc1. The number of anilines is 2. The molecule has 25 heavy (non-hydrogen) atoms. The van der Waals surface area contributed by atoms with Crippen LogP contribution in [0.3, 0.4) is 0 Å². The van der Waals surface area contributed by atoms with E-state index in [0.717, 1.165) is 10.5 Å². The van der Waals surface area contributed by atoms with Crippen molar-refractivity contribution in [3.8, 4) is 0 Å². The number of nitrogens with zero attached hydrogens (tertiary/aromatic N) is 1. The number of amides is 2. The first kappa shape index (κ1) is 17.2. The first-order valence-electron chi connectivity index (χ1n) is 7.80. The van der Waals surface area contributed by atoms with E-state index in [1.54, 1.807) is 18.2 Å². The number of halogens is 2. The molecule has 0 spiro atoms. The molecule has 0 aliphatic carbocycles. The summed E-state index contributed by atoms with van der Waals surface area (Å²) in [5.74, 6) is -1.46. The van der Waals surface area contributed by atoms with Gasteiger partial charge in [0.15, 0.2) is 0 Å². The number of hydrogen-bond acceptors (Lipinski definition) is 3. The lowest BCUT2D eigenvalue weighted by Gasteiger charge is -2.16. The van der Waals surface area contributed by atoms with Gasteiger partial charge in [-0.25, -0.2) is 9.29 Å². The lowest BCUT2D eigenvalue weighted by atomic mass is 10.0. The molecule has 4 nitrogen and oxygen atoms in total. The fourth-order valence-corrected chi connectivity index (χ4v) is 2.76. The molecule has 1 aliphatic heterocycles. The van der Waals surface area contributed by atoms with Gasteiger partial charge in [-0.1, -0.05) is 49.7 Å². The third kappa shape index (κ3) is 3.15. The smallest absolute Gasteiger partial charge is 0.283 e. The molecule has 0 aromatic heterocycles. The molecule has 128 valence electrons. The molecule has 1 N–H and O–H groups in total. The molecule has 3 rings (SSSR count). The van der Waals surface area contributed by atoms with Crippen LogP contribution < -0.4 is 10.2 Å².